The van der Waals surface area contributed by atoms with Gasteiger partial charge in [-0.25, -0.2) is 43.4 Å². The molecule has 4 aromatic heterocycles. The number of nitrogen functional groups attached to an aromatic ring is 2. The number of nitrogens with two attached hydrogens (primary N) is 2. The van der Waals surface area contributed by atoms with Crippen LogP contribution in [0.5, 0.6) is 0 Å². The second kappa shape index (κ2) is 12.0. The first-order valence-corrected chi connectivity index (χ1v) is 18.0. The fraction of sp³-hybridized carbons (Fsp3) is 0.500. The van der Waals surface area contributed by atoms with E-state index in [2.05, 4.69) is 54.4 Å². The van der Waals surface area contributed by atoms with Gasteiger partial charge < -0.3 is 26.0 Å². The average Bonchev–Trinajstić information content (AvgIpc) is 3.68. The Morgan fingerprint density at radius 1 is 0.977 bits per heavy atom. The lowest BCUT2D eigenvalue weighted by molar-refractivity contribution is -0.0841. The van der Waals surface area contributed by atoms with Crippen LogP contribution in [-0.4, -0.2) is 95.0 Å². The molecule has 6 rings (SSSR count). The third-order valence-corrected chi connectivity index (χ3v) is 10.1. The molecule has 24 heteroatoms. The van der Waals surface area contributed by atoms with Crippen LogP contribution in [0.25, 0.3) is 22.3 Å². The topological polar surface area (TPSA) is 249 Å². The van der Waals surface area contributed by atoms with Crippen molar-refractivity contribution in [2.24, 2.45) is 0 Å². The fourth-order valence-electron chi connectivity index (χ4n) is 4.75. The molecule has 0 spiro atoms. The number of alkyl halides is 1. The summed E-state index contributed by atoms with van der Waals surface area (Å²) in [5.41, 5.74) is 12.2. The number of fused-ring (bicyclic) bond motifs is 4. The molecule has 19 nitrogen and oxygen atoms in total. The number of thiol groups is 2. The second-order valence-electron chi connectivity index (χ2n) is 9.54. The van der Waals surface area contributed by atoms with Crippen molar-refractivity contribution in [3.8, 4) is 0 Å². The number of imidazole rings is 2. The van der Waals surface area contributed by atoms with E-state index in [4.69, 9.17) is 39.0 Å². The predicted molar refractivity (Wildman–Crippen MR) is 155 cm³/mol. The van der Waals surface area contributed by atoms with Crippen molar-refractivity contribution in [1.82, 2.24) is 39.0 Å². The summed E-state index contributed by atoms with van der Waals surface area (Å²) in [6, 6.07) is 0. The maximum atomic E-state index is 16.2. The van der Waals surface area contributed by atoms with E-state index >= 15 is 4.39 Å². The van der Waals surface area contributed by atoms with Crippen LogP contribution in [-0.2, 0) is 36.7 Å². The Balaban J connectivity index is 1.33. The summed E-state index contributed by atoms with van der Waals surface area (Å²) in [5.74, 6) is 0.0698. The molecule has 0 aromatic carbocycles. The van der Waals surface area contributed by atoms with E-state index < -0.39 is 69.9 Å². The molecule has 6 heterocycles. The first-order valence-electron chi connectivity index (χ1n) is 12.6. The molecular formula is C20H25FN10O9P2S2. The van der Waals surface area contributed by atoms with E-state index in [1.807, 2.05) is 0 Å². The molecule has 2 aliphatic heterocycles. The van der Waals surface area contributed by atoms with Crippen molar-refractivity contribution in [2.45, 2.75) is 43.0 Å². The minimum atomic E-state index is -4.45. The summed E-state index contributed by atoms with van der Waals surface area (Å²) in [6.07, 6.45) is -6.20. The Hall–Kier alpha value is -2.49. The van der Waals surface area contributed by atoms with Gasteiger partial charge in [0.15, 0.2) is 29.2 Å². The van der Waals surface area contributed by atoms with Crippen LogP contribution in [0.4, 0.5) is 16.0 Å². The number of aromatic nitrogens is 8. The highest BCUT2D eigenvalue weighted by Gasteiger charge is 2.51. The first kappa shape index (κ1) is 31.5. The quantitative estimate of drug-likeness (QED) is 0.150. The SMILES string of the molecule is CO[C@@H]1COP(=O)(S)O[C@@H]2[C@H](O)[C@@H](COP(=O)(S)O[C@H]1[C@@H](F)n1cnc3c(N)ncnc31)O[C@H]2n1cnc2c(N)ncnc21. The van der Waals surface area contributed by atoms with Crippen LogP contribution in [0.3, 0.4) is 0 Å². The third-order valence-electron chi connectivity index (χ3n) is 6.88. The number of hydrogen-bond donors (Lipinski definition) is 5. The molecular weight excluding hydrogens is 669 g/mol. The van der Waals surface area contributed by atoms with E-state index in [0.29, 0.717) is 0 Å². The predicted octanol–water partition coefficient (Wildman–Crippen LogP) is 1.46. The number of ether oxygens (including phenoxy) is 2. The normalized spacial score (nSPS) is 34.4. The molecule has 5 N–H and O–H groups in total. The lowest BCUT2D eigenvalue weighted by Gasteiger charge is -2.31. The van der Waals surface area contributed by atoms with Crippen LogP contribution in [0, 0.1) is 0 Å². The first-order chi connectivity index (χ1) is 20.9. The number of methoxy groups -OCH3 is 1. The molecule has 0 aliphatic carbocycles. The molecule has 0 amide bonds. The number of nitrogens with zero attached hydrogens (tertiary/aromatic N) is 8. The molecule has 0 radical (unpaired) electrons. The standard InChI is InChI=1S/C20H25FN10O9P2S2/c1-35-9-3-37-42(34,44)40-14-12(32)8(38-20(14)31-7-29-11-17(23)25-5-27-19(11)31)2-36-41(33,43)39-13(9)15(21)30-6-28-10-16(22)24-4-26-18(10)30/h4-9,12-15,20,32H,2-3H2,1H3,(H,33,43)(H,34,44)(H2,22,24,26)(H2,23,25,27)/t8-,9-,12-,13-,14-,15+,20-,41?,42?/m1/s1. The molecule has 2 fully saturated rings. The molecule has 2 saturated heterocycles. The van der Waals surface area contributed by atoms with Gasteiger partial charge >= 0.3 is 13.6 Å². The smallest absolute Gasteiger partial charge is 0.386 e. The lowest BCUT2D eigenvalue weighted by Crippen LogP contribution is -2.39. The lowest BCUT2D eigenvalue weighted by atomic mass is 10.1. The van der Waals surface area contributed by atoms with Crippen molar-refractivity contribution in [3.63, 3.8) is 0 Å². The molecule has 2 aliphatic rings. The minimum absolute atomic E-state index is 0.00804. The van der Waals surface area contributed by atoms with E-state index in [1.54, 1.807) is 0 Å². The van der Waals surface area contributed by atoms with Gasteiger partial charge in [-0.1, -0.05) is 24.5 Å². The fourth-order valence-corrected chi connectivity index (χ4v) is 7.68. The zero-order chi connectivity index (χ0) is 31.4. The van der Waals surface area contributed by atoms with Gasteiger partial charge in [-0.3, -0.25) is 27.2 Å². The van der Waals surface area contributed by atoms with Crippen LogP contribution in [0.15, 0.2) is 25.3 Å². The molecule has 0 saturated carbocycles. The van der Waals surface area contributed by atoms with Gasteiger partial charge in [0, 0.05) is 7.11 Å². The summed E-state index contributed by atoms with van der Waals surface area (Å²) in [5, 5.41) is 11.1. The summed E-state index contributed by atoms with van der Waals surface area (Å²) >= 11 is 8.08. The van der Waals surface area contributed by atoms with Crippen LogP contribution < -0.4 is 11.5 Å². The Bertz CT molecular complexity index is 1790. The second-order valence-corrected chi connectivity index (χ2v) is 15.3. The monoisotopic (exact) mass is 694 g/mol. The van der Waals surface area contributed by atoms with E-state index in [0.717, 1.165) is 17.2 Å². The van der Waals surface area contributed by atoms with E-state index in [9.17, 15) is 14.2 Å². The highest BCUT2D eigenvalue weighted by atomic mass is 32.7. The maximum absolute atomic E-state index is 16.2. The zero-order valence-electron chi connectivity index (χ0n) is 22.4. The number of aliphatic hydroxyl groups is 1. The number of anilines is 2. The van der Waals surface area contributed by atoms with Gasteiger partial charge in [0.2, 0.25) is 6.30 Å². The summed E-state index contributed by atoms with van der Waals surface area (Å²) in [4.78, 5) is 24.1. The molecule has 44 heavy (non-hydrogen) atoms. The average molecular weight is 695 g/mol. The van der Waals surface area contributed by atoms with Gasteiger partial charge in [0.1, 0.15) is 54.2 Å². The number of halogens is 1. The van der Waals surface area contributed by atoms with E-state index in [-0.39, 0.29) is 34.0 Å². The number of aliphatic hydroxyl groups excluding tert-OH is 1. The van der Waals surface area contributed by atoms with Crippen molar-refractivity contribution in [3.05, 3.63) is 25.3 Å². The largest absolute Gasteiger partial charge is 0.387 e. The van der Waals surface area contributed by atoms with Crippen LogP contribution in [0.1, 0.15) is 12.5 Å². The minimum Gasteiger partial charge on any atom is -0.387 e. The van der Waals surface area contributed by atoms with Crippen molar-refractivity contribution < 1.29 is 46.2 Å². The van der Waals surface area contributed by atoms with Gasteiger partial charge in [-0.2, -0.15) is 0 Å². The van der Waals surface area contributed by atoms with Crippen LogP contribution in [0.2, 0.25) is 0 Å². The highest BCUT2D eigenvalue weighted by Crippen LogP contribution is 2.59. The Morgan fingerprint density at radius 3 is 2.30 bits per heavy atom. The summed E-state index contributed by atoms with van der Waals surface area (Å²) in [6.45, 7) is -10.1. The van der Waals surface area contributed by atoms with E-state index in [1.165, 1.54) is 24.3 Å². The number of rotatable bonds is 4. The Kier molecular flexibility index (Phi) is 8.61. The van der Waals surface area contributed by atoms with Gasteiger partial charge in [0.25, 0.3) is 0 Å². The molecule has 4 aromatic rings. The van der Waals surface area contributed by atoms with Crippen molar-refractivity contribution >= 4 is 72.1 Å². The van der Waals surface area contributed by atoms with Crippen molar-refractivity contribution in [1.29, 1.82) is 0 Å². The maximum Gasteiger partial charge on any atom is 0.386 e. The zero-order valence-corrected chi connectivity index (χ0v) is 26.0. The third kappa shape index (κ3) is 5.92. The molecule has 2 unspecified atom stereocenters. The molecule has 9 atom stereocenters. The Morgan fingerprint density at radius 2 is 1.59 bits per heavy atom. The van der Waals surface area contributed by atoms with Crippen molar-refractivity contribution in [2.75, 3.05) is 31.8 Å². The Labute approximate surface area is 257 Å². The highest BCUT2D eigenvalue weighted by molar-refractivity contribution is 8.44. The van der Waals surface area contributed by atoms with Gasteiger partial charge in [0.05, 0.1) is 25.9 Å². The van der Waals surface area contributed by atoms with Gasteiger partial charge in [-0.05, 0) is 0 Å². The number of hydrogen-bond acceptors (Lipinski definition) is 17. The molecule has 2 bridgehead atoms. The molecule has 238 valence electrons. The van der Waals surface area contributed by atoms with Gasteiger partial charge in [-0.15, -0.1) is 0 Å². The summed E-state index contributed by atoms with van der Waals surface area (Å²) in [7, 11) is 1.18. The summed E-state index contributed by atoms with van der Waals surface area (Å²) < 4.78 is 78.9. The van der Waals surface area contributed by atoms with Crippen LogP contribution >= 0.6 is 38.1 Å².